The molecule has 0 aliphatic carbocycles. The second kappa shape index (κ2) is 5.77. The Morgan fingerprint density at radius 1 is 1.28 bits per heavy atom. The van der Waals surface area contributed by atoms with Crippen molar-refractivity contribution in [3.63, 3.8) is 0 Å². The minimum absolute atomic E-state index is 0.0290. The minimum atomic E-state index is -0.0290. The van der Waals surface area contributed by atoms with Crippen molar-refractivity contribution >= 4 is 11.7 Å². The van der Waals surface area contributed by atoms with Crippen LogP contribution in [0.25, 0.3) is 0 Å². The fourth-order valence-electron chi connectivity index (χ4n) is 1.89. The molecule has 0 aromatic carbocycles. The molecule has 1 amide bonds. The number of nitrogens with one attached hydrogen (secondary N) is 1. The first kappa shape index (κ1) is 12.8. The second-order valence-corrected chi connectivity index (χ2v) is 4.43. The molecule has 0 spiro atoms. The average molecular weight is 249 g/mol. The van der Waals surface area contributed by atoms with Crippen LogP contribution in [0, 0.1) is 0 Å². The van der Waals surface area contributed by atoms with Gasteiger partial charge in [-0.2, -0.15) is 0 Å². The van der Waals surface area contributed by atoms with E-state index in [2.05, 4.69) is 27.5 Å². The van der Waals surface area contributed by atoms with E-state index in [1.54, 1.807) is 12.1 Å². The van der Waals surface area contributed by atoms with E-state index in [-0.39, 0.29) is 5.91 Å². The lowest BCUT2D eigenvalue weighted by molar-refractivity contribution is 0.0657. The van der Waals surface area contributed by atoms with Gasteiger partial charge >= 0.3 is 0 Å². The van der Waals surface area contributed by atoms with E-state index >= 15 is 0 Å². The molecule has 18 heavy (non-hydrogen) atoms. The summed E-state index contributed by atoms with van der Waals surface area (Å²) < 4.78 is 0. The predicted molar refractivity (Wildman–Crippen MR) is 69.6 cm³/mol. The van der Waals surface area contributed by atoms with Crippen LogP contribution in [-0.2, 0) is 0 Å². The number of carbonyl (C=O) groups is 1. The predicted octanol–water partition coefficient (Wildman–Crippen LogP) is 0.296. The minimum Gasteiger partial charge on any atom is -0.369 e. The van der Waals surface area contributed by atoms with Gasteiger partial charge in [0.25, 0.3) is 5.91 Å². The molecule has 98 valence electrons. The highest BCUT2D eigenvalue weighted by molar-refractivity contribution is 5.92. The molecule has 1 aromatic rings. The summed E-state index contributed by atoms with van der Waals surface area (Å²) in [4.78, 5) is 16.2. The number of likely N-dealkylation sites (N-methyl/N-ethyl adjacent to an activating group) is 1. The maximum absolute atomic E-state index is 12.2. The standard InChI is InChI=1S/C12H19N5O/c1-3-13-11-5-4-10(14-15-11)12(18)17-8-6-16(2)7-9-17/h4-5H,3,6-9H2,1-2H3,(H,13,15). The summed E-state index contributed by atoms with van der Waals surface area (Å²) in [7, 11) is 2.06. The monoisotopic (exact) mass is 249 g/mol. The van der Waals surface area contributed by atoms with E-state index in [9.17, 15) is 4.79 Å². The van der Waals surface area contributed by atoms with Crippen LogP contribution in [0.4, 0.5) is 5.82 Å². The van der Waals surface area contributed by atoms with Gasteiger partial charge in [-0.1, -0.05) is 0 Å². The Morgan fingerprint density at radius 2 is 2.00 bits per heavy atom. The summed E-state index contributed by atoms with van der Waals surface area (Å²) in [6, 6.07) is 3.52. The number of nitrogens with zero attached hydrogens (tertiary/aromatic N) is 4. The van der Waals surface area contributed by atoms with Gasteiger partial charge in [-0.3, -0.25) is 4.79 Å². The molecule has 1 aliphatic rings. The lowest BCUT2D eigenvalue weighted by atomic mass is 10.3. The van der Waals surface area contributed by atoms with Crippen molar-refractivity contribution in [1.82, 2.24) is 20.0 Å². The SMILES string of the molecule is CCNc1ccc(C(=O)N2CCN(C)CC2)nn1. The smallest absolute Gasteiger partial charge is 0.274 e. The molecule has 0 atom stereocenters. The first-order valence-corrected chi connectivity index (χ1v) is 6.26. The zero-order chi connectivity index (χ0) is 13.0. The number of hydrogen-bond donors (Lipinski definition) is 1. The van der Waals surface area contributed by atoms with Gasteiger partial charge in [-0.05, 0) is 26.1 Å². The van der Waals surface area contributed by atoms with Crippen LogP contribution < -0.4 is 5.32 Å². The first-order chi connectivity index (χ1) is 8.70. The lowest BCUT2D eigenvalue weighted by Gasteiger charge is -2.32. The lowest BCUT2D eigenvalue weighted by Crippen LogP contribution is -2.47. The molecule has 0 radical (unpaired) electrons. The normalized spacial score (nSPS) is 16.7. The molecular weight excluding hydrogens is 230 g/mol. The molecule has 2 rings (SSSR count). The fourth-order valence-corrected chi connectivity index (χ4v) is 1.89. The van der Waals surface area contributed by atoms with Crippen molar-refractivity contribution in [2.45, 2.75) is 6.92 Å². The Kier molecular flexibility index (Phi) is 4.09. The summed E-state index contributed by atoms with van der Waals surface area (Å²) >= 11 is 0. The topological polar surface area (TPSA) is 61.4 Å². The van der Waals surface area contributed by atoms with Gasteiger partial charge in [0.05, 0.1) is 0 Å². The van der Waals surface area contributed by atoms with Crippen molar-refractivity contribution in [3.8, 4) is 0 Å². The summed E-state index contributed by atoms with van der Waals surface area (Å²) in [5, 5.41) is 11.0. The van der Waals surface area contributed by atoms with Crippen molar-refractivity contribution in [2.24, 2.45) is 0 Å². The highest BCUT2D eigenvalue weighted by Crippen LogP contribution is 2.07. The maximum atomic E-state index is 12.2. The van der Waals surface area contributed by atoms with Gasteiger partial charge < -0.3 is 15.1 Å². The van der Waals surface area contributed by atoms with Crippen molar-refractivity contribution < 1.29 is 4.79 Å². The Labute approximate surface area is 107 Å². The molecule has 1 aromatic heterocycles. The van der Waals surface area contributed by atoms with Crippen molar-refractivity contribution in [2.75, 3.05) is 45.1 Å². The second-order valence-electron chi connectivity index (χ2n) is 4.43. The van der Waals surface area contributed by atoms with Crippen LogP contribution in [0.1, 0.15) is 17.4 Å². The molecule has 6 nitrogen and oxygen atoms in total. The van der Waals surface area contributed by atoms with Gasteiger partial charge in [0.1, 0.15) is 5.82 Å². The number of aromatic nitrogens is 2. The van der Waals surface area contributed by atoms with Gasteiger partial charge in [0, 0.05) is 32.7 Å². The quantitative estimate of drug-likeness (QED) is 0.834. The highest BCUT2D eigenvalue weighted by Gasteiger charge is 2.21. The van der Waals surface area contributed by atoms with Crippen molar-refractivity contribution in [3.05, 3.63) is 17.8 Å². The van der Waals surface area contributed by atoms with Gasteiger partial charge in [-0.15, -0.1) is 10.2 Å². The van der Waals surface area contributed by atoms with Gasteiger partial charge in [0.15, 0.2) is 5.69 Å². The van der Waals surface area contributed by atoms with E-state index in [0.29, 0.717) is 11.5 Å². The van der Waals surface area contributed by atoms with E-state index in [0.717, 1.165) is 32.7 Å². The number of anilines is 1. The van der Waals surface area contributed by atoms with Gasteiger partial charge in [-0.25, -0.2) is 0 Å². The Morgan fingerprint density at radius 3 is 2.56 bits per heavy atom. The maximum Gasteiger partial charge on any atom is 0.274 e. The van der Waals surface area contributed by atoms with E-state index in [1.807, 2.05) is 11.8 Å². The largest absolute Gasteiger partial charge is 0.369 e. The molecule has 1 aliphatic heterocycles. The van der Waals surface area contributed by atoms with Crippen LogP contribution >= 0.6 is 0 Å². The van der Waals surface area contributed by atoms with Crippen LogP contribution in [0.5, 0.6) is 0 Å². The molecule has 1 saturated heterocycles. The summed E-state index contributed by atoms with van der Waals surface area (Å²) in [6.07, 6.45) is 0. The number of amides is 1. The van der Waals surface area contributed by atoms with Crippen LogP contribution in [0.2, 0.25) is 0 Å². The van der Waals surface area contributed by atoms with Gasteiger partial charge in [0.2, 0.25) is 0 Å². The molecule has 0 unspecified atom stereocenters. The summed E-state index contributed by atoms with van der Waals surface area (Å²) in [5.41, 5.74) is 0.418. The zero-order valence-corrected chi connectivity index (χ0v) is 10.9. The van der Waals surface area contributed by atoms with E-state index in [1.165, 1.54) is 0 Å². The zero-order valence-electron chi connectivity index (χ0n) is 10.9. The number of rotatable bonds is 3. The third-order valence-electron chi connectivity index (χ3n) is 3.03. The Balaban J connectivity index is 2.00. The van der Waals surface area contributed by atoms with E-state index in [4.69, 9.17) is 0 Å². The molecule has 2 heterocycles. The summed E-state index contributed by atoms with van der Waals surface area (Å²) in [6.45, 7) is 6.12. The molecule has 1 N–H and O–H groups in total. The molecule has 6 heteroatoms. The van der Waals surface area contributed by atoms with Crippen LogP contribution in [0.15, 0.2) is 12.1 Å². The molecule has 0 bridgehead atoms. The number of carbonyl (C=O) groups excluding carboxylic acids is 1. The Hall–Kier alpha value is -1.69. The highest BCUT2D eigenvalue weighted by atomic mass is 16.2. The van der Waals surface area contributed by atoms with Crippen LogP contribution in [0.3, 0.4) is 0 Å². The Bertz CT molecular complexity index is 397. The average Bonchev–Trinajstić information content (AvgIpc) is 2.40. The fraction of sp³-hybridized carbons (Fsp3) is 0.583. The van der Waals surface area contributed by atoms with Crippen LogP contribution in [-0.4, -0.2) is 65.7 Å². The first-order valence-electron chi connectivity index (χ1n) is 6.26. The number of piperazine rings is 1. The molecule has 1 fully saturated rings. The van der Waals surface area contributed by atoms with E-state index < -0.39 is 0 Å². The third kappa shape index (κ3) is 2.95. The number of hydrogen-bond acceptors (Lipinski definition) is 5. The molecule has 0 saturated carbocycles. The van der Waals surface area contributed by atoms with Crippen molar-refractivity contribution in [1.29, 1.82) is 0 Å². The third-order valence-corrected chi connectivity index (χ3v) is 3.03. The molecular formula is C12H19N5O. The summed E-state index contributed by atoms with van der Waals surface area (Å²) in [5.74, 6) is 0.672.